The van der Waals surface area contributed by atoms with Crippen molar-refractivity contribution in [2.45, 2.75) is 18.0 Å². The zero-order valence-electron chi connectivity index (χ0n) is 14.0. The largest absolute Gasteiger partial charge is 0.478 e. The molecular weight excluding hydrogens is 405 g/mol. The molecule has 0 saturated carbocycles. The smallest absolute Gasteiger partial charge is 0.417 e. The second-order valence-electron chi connectivity index (χ2n) is 5.59. The third-order valence-corrected chi connectivity index (χ3v) is 5.57. The van der Waals surface area contributed by atoms with Gasteiger partial charge in [0.2, 0.25) is 0 Å². The maximum absolute atomic E-state index is 12.9. The molecule has 0 aliphatic rings. The zero-order valence-corrected chi connectivity index (χ0v) is 14.8. The quantitative estimate of drug-likeness (QED) is 0.682. The van der Waals surface area contributed by atoms with E-state index >= 15 is 0 Å². The highest BCUT2D eigenvalue weighted by Crippen LogP contribution is 2.29. The fraction of sp³-hybridized carbons (Fsp3) is 0.200. The number of aromatic carboxylic acids is 1. The minimum Gasteiger partial charge on any atom is -0.478 e. The first-order valence-electron chi connectivity index (χ1n) is 7.61. The second kappa shape index (κ2) is 6.44. The number of carboxylic acid groups (broad SMARTS) is 1. The highest BCUT2D eigenvalue weighted by Gasteiger charge is 2.31. The fourth-order valence-electron chi connectivity index (χ4n) is 2.38. The van der Waals surface area contributed by atoms with Gasteiger partial charge in [-0.1, -0.05) is 6.92 Å². The van der Waals surface area contributed by atoms with Crippen LogP contribution >= 0.6 is 0 Å². The Hall–Kier alpha value is -3.22. The van der Waals surface area contributed by atoms with Crippen LogP contribution in [0.15, 0.2) is 40.3 Å². The lowest BCUT2D eigenvalue weighted by atomic mass is 10.3. The Morgan fingerprint density at radius 1 is 1.29 bits per heavy atom. The number of hydrogen-bond donors (Lipinski definition) is 1. The molecule has 0 spiro atoms. The lowest BCUT2D eigenvalue weighted by molar-refractivity contribution is -0.137. The van der Waals surface area contributed by atoms with Crippen LogP contribution in [0.4, 0.5) is 13.2 Å². The number of pyridine rings is 2. The van der Waals surface area contributed by atoms with Gasteiger partial charge in [-0.3, -0.25) is 0 Å². The summed E-state index contributed by atoms with van der Waals surface area (Å²) in [6.45, 7) is 1.30. The normalized spacial score (nSPS) is 12.4. The molecule has 0 aromatic carbocycles. The summed E-state index contributed by atoms with van der Waals surface area (Å²) in [5.41, 5.74) is -2.81. The van der Waals surface area contributed by atoms with E-state index in [2.05, 4.69) is 10.1 Å². The number of nitrogens with zero attached hydrogens (tertiary/aromatic N) is 4. The van der Waals surface area contributed by atoms with Crippen molar-refractivity contribution < 1.29 is 31.5 Å². The Bertz CT molecular complexity index is 1260. The number of aromatic nitrogens is 4. The van der Waals surface area contributed by atoms with Crippen LogP contribution in [0, 0.1) is 0 Å². The first kappa shape index (κ1) is 19.5. The van der Waals surface area contributed by atoms with Crippen LogP contribution in [0.2, 0.25) is 0 Å². The van der Waals surface area contributed by atoms with Gasteiger partial charge in [0.1, 0.15) is 4.90 Å². The Balaban J connectivity index is 2.32. The molecule has 3 aromatic heterocycles. The molecule has 0 aliphatic carbocycles. The Labute approximate surface area is 154 Å². The van der Waals surface area contributed by atoms with Crippen molar-refractivity contribution >= 4 is 21.5 Å². The first-order valence-corrected chi connectivity index (χ1v) is 9.26. The molecule has 0 fully saturated rings. The molecule has 0 bridgehead atoms. The molecule has 0 aliphatic heterocycles. The standard InChI is InChI=1S/C15H11F3N4O5S/c1-2-28(26,27)10-5-8(13(23)24)6-19-12(10)22-14(25)21-7-9(15(16,17)18)3-4-11(21)20-22/h3-7H,2H2,1H3,(H,23,24). The van der Waals surface area contributed by atoms with Crippen LogP contribution < -0.4 is 5.69 Å². The molecule has 0 amide bonds. The maximum Gasteiger partial charge on any atom is 0.417 e. The molecular formula is C15H11F3N4O5S. The second-order valence-corrected chi connectivity index (χ2v) is 7.84. The predicted octanol–water partition coefficient (Wildman–Crippen LogP) is 1.39. The first-order chi connectivity index (χ1) is 13.0. The Morgan fingerprint density at radius 3 is 2.54 bits per heavy atom. The summed E-state index contributed by atoms with van der Waals surface area (Å²) in [6, 6.07) is 2.48. The van der Waals surface area contributed by atoms with E-state index in [-0.39, 0.29) is 5.65 Å². The van der Waals surface area contributed by atoms with Gasteiger partial charge in [-0.05, 0) is 18.2 Å². The average molecular weight is 416 g/mol. The molecule has 3 heterocycles. The molecule has 0 radical (unpaired) electrons. The van der Waals surface area contributed by atoms with Crippen molar-refractivity contribution in [2.24, 2.45) is 0 Å². The molecule has 3 rings (SSSR count). The molecule has 9 nitrogen and oxygen atoms in total. The number of hydrogen-bond acceptors (Lipinski definition) is 6. The van der Waals surface area contributed by atoms with Gasteiger partial charge < -0.3 is 5.11 Å². The van der Waals surface area contributed by atoms with Gasteiger partial charge in [-0.2, -0.15) is 17.9 Å². The van der Waals surface area contributed by atoms with Crippen LogP contribution in [-0.2, 0) is 16.0 Å². The van der Waals surface area contributed by atoms with E-state index in [0.717, 1.165) is 24.4 Å². The third-order valence-electron chi connectivity index (χ3n) is 3.84. The van der Waals surface area contributed by atoms with E-state index in [4.69, 9.17) is 5.11 Å². The van der Waals surface area contributed by atoms with Crippen molar-refractivity contribution in [3.63, 3.8) is 0 Å². The van der Waals surface area contributed by atoms with Crippen molar-refractivity contribution in [1.29, 1.82) is 0 Å². The van der Waals surface area contributed by atoms with Gasteiger partial charge in [0, 0.05) is 12.4 Å². The summed E-state index contributed by atoms with van der Waals surface area (Å²) in [7, 11) is -4.03. The highest BCUT2D eigenvalue weighted by atomic mass is 32.2. The minimum absolute atomic E-state index is 0.179. The number of halogens is 3. The van der Waals surface area contributed by atoms with Crippen LogP contribution in [0.1, 0.15) is 22.8 Å². The van der Waals surface area contributed by atoms with E-state index < -0.39 is 55.3 Å². The molecule has 13 heteroatoms. The summed E-state index contributed by atoms with van der Waals surface area (Å²) in [5.74, 6) is -2.37. The van der Waals surface area contributed by atoms with Gasteiger partial charge in [-0.15, -0.1) is 5.10 Å². The van der Waals surface area contributed by atoms with Crippen LogP contribution in [0.3, 0.4) is 0 Å². The number of fused-ring (bicyclic) bond motifs is 1. The number of sulfone groups is 1. The Morgan fingerprint density at radius 2 is 1.96 bits per heavy atom. The van der Waals surface area contributed by atoms with Gasteiger partial charge in [0.05, 0.1) is 16.9 Å². The number of alkyl halides is 3. The van der Waals surface area contributed by atoms with E-state index in [1.54, 1.807) is 0 Å². The molecule has 148 valence electrons. The third kappa shape index (κ3) is 3.24. The monoisotopic (exact) mass is 416 g/mol. The summed E-state index contributed by atoms with van der Waals surface area (Å²) in [5, 5.41) is 12.9. The molecule has 28 heavy (non-hydrogen) atoms. The van der Waals surface area contributed by atoms with Crippen LogP contribution in [0.25, 0.3) is 11.5 Å². The van der Waals surface area contributed by atoms with Crippen LogP contribution in [-0.4, -0.2) is 44.4 Å². The topological polar surface area (TPSA) is 124 Å². The van der Waals surface area contributed by atoms with Crippen molar-refractivity contribution in [3.05, 3.63) is 52.2 Å². The van der Waals surface area contributed by atoms with Gasteiger partial charge in [0.25, 0.3) is 0 Å². The van der Waals surface area contributed by atoms with Crippen LogP contribution in [0.5, 0.6) is 0 Å². The summed E-state index contributed by atoms with van der Waals surface area (Å²) in [6.07, 6.45) is -3.35. The predicted molar refractivity (Wildman–Crippen MR) is 88.3 cm³/mol. The number of carbonyl (C=O) groups is 1. The molecule has 3 aromatic rings. The van der Waals surface area contributed by atoms with E-state index in [1.165, 1.54) is 6.92 Å². The summed E-state index contributed by atoms with van der Waals surface area (Å²) < 4.78 is 64.4. The van der Waals surface area contributed by atoms with E-state index in [9.17, 15) is 31.2 Å². The van der Waals surface area contributed by atoms with Crippen molar-refractivity contribution in [2.75, 3.05) is 5.75 Å². The molecule has 1 N–H and O–H groups in total. The fourth-order valence-corrected chi connectivity index (χ4v) is 3.41. The van der Waals surface area contributed by atoms with Gasteiger partial charge in [-0.25, -0.2) is 27.4 Å². The summed E-state index contributed by atoms with van der Waals surface area (Å²) in [4.78, 5) is 26.8. The van der Waals surface area contributed by atoms with Crippen molar-refractivity contribution in [1.82, 2.24) is 19.2 Å². The lowest BCUT2D eigenvalue weighted by Crippen LogP contribution is -2.24. The maximum atomic E-state index is 12.9. The highest BCUT2D eigenvalue weighted by molar-refractivity contribution is 7.91. The zero-order chi connectivity index (χ0) is 20.9. The average Bonchev–Trinajstić information content (AvgIpc) is 2.96. The lowest BCUT2D eigenvalue weighted by Gasteiger charge is -2.08. The molecule has 0 atom stereocenters. The summed E-state index contributed by atoms with van der Waals surface area (Å²) >= 11 is 0. The van der Waals surface area contributed by atoms with Crippen molar-refractivity contribution in [3.8, 4) is 5.82 Å². The van der Waals surface area contributed by atoms with E-state index in [0.29, 0.717) is 15.3 Å². The van der Waals surface area contributed by atoms with E-state index in [1.807, 2.05) is 0 Å². The number of rotatable bonds is 4. The van der Waals surface area contributed by atoms with Gasteiger partial charge in [0.15, 0.2) is 21.3 Å². The SMILES string of the molecule is CCS(=O)(=O)c1cc(C(=O)O)cnc1-n1nc2ccc(C(F)(F)F)cn2c1=O. The number of carboxylic acids is 1. The minimum atomic E-state index is -4.70. The van der Waals surface area contributed by atoms with Gasteiger partial charge >= 0.3 is 17.8 Å². The Kier molecular flexibility index (Phi) is 4.49. The molecule has 0 saturated heterocycles. The molecule has 0 unspecified atom stereocenters.